The van der Waals surface area contributed by atoms with Gasteiger partial charge in [-0.2, -0.15) is 5.26 Å². The summed E-state index contributed by atoms with van der Waals surface area (Å²) in [5.41, 5.74) is 1.05. The highest BCUT2D eigenvalue weighted by molar-refractivity contribution is 5.93. The van der Waals surface area contributed by atoms with Crippen molar-refractivity contribution in [1.29, 1.82) is 5.26 Å². The van der Waals surface area contributed by atoms with Crippen molar-refractivity contribution in [2.24, 2.45) is 0 Å². The molecule has 1 rings (SSSR count). The number of rotatable bonds is 4. The van der Waals surface area contributed by atoms with E-state index >= 15 is 0 Å². The van der Waals surface area contributed by atoms with Crippen LogP contribution >= 0.6 is 0 Å². The number of nitrogens with zero attached hydrogens (tertiary/aromatic N) is 2. The molecule has 0 atom stereocenters. The molecule has 1 aromatic rings. The molecule has 1 amide bonds. The lowest BCUT2D eigenvalue weighted by atomic mass is 10.2. The van der Waals surface area contributed by atoms with Crippen LogP contribution in [-0.2, 0) is 4.79 Å². The van der Waals surface area contributed by atoms with Crippen LogP contribution in [0.5, 0.6) is 0 Å². The number of para-hydroxylation sites is 1. The van der Waals surface area contributed by atoms with Gasteiger partial charge in [0.05, 0.1) is 17.8 Å². The van der Waals surface area contributed by atoms with Crippen LogP contribution in [0.2, 0.25) is 0 Å². The number of nitrogens with one attached hydrogen (secondary N) is 1. The first-order valence-electron chi connectivity index (χ1n) is 5.15. The second kappa shape index (κ2) is 5.89. The first kappa shape index (κ1) is 12.2. The van der Waals surface area contributed by atoms with E-state index in [1.165, 1.54) is 0 Å². The molecule has 0 saturated carbocycles. The van der Waals surface area contributed by atoms with Crippen LogP contribution in [-0.4, -0.2) is 30.9 Å². The van der Waals surface area contributed by atoms with Crippen LogP contribution in [0.4, 0.5) is 5.69 Å². The normalized spacial score (nSPS) is 9.88. The minimum Gasteiger partial charge on any atom is -0.324 e. The zero-order chi connectivity index (χ0) is 12.0. The Labute approximate surface area is 95.5 Å². The highest BCUT2D eigenvalue weighted by Crippen LogP contribution is 2.13. The molecule has 84 valence electrons. The lowest BCUT2D eigenvalue weighted by molar-refractivity contribution is -0.117. The van der Waals surface area contributed by atoms with Crippen molar-refractivity contribution >= 4 is 11.6 Å². The molecule has 0 aliphatic carbocycles. The molecule has 0 aliphatic rings. The Morgan fingerprint density at radius 3 is 2.81 bits per heavy atom. The van der Waals surface area contributed by atoms with Gasteiger partial charge >= 0.3 is 0 Å². The molecule has 1 N–H and O–H groups in total. The van der Waals surface area contributed by atoms with E-state index in [1.54, 1.807) is 24.3 Å². The molecule has 16 heavy (non-hydrogen) atoms. The summed E-state index contributed by atoms with van der Waals surface area (Å²) in [5, 5.41) is 11.6. The molecule has 0 fully saturated rings. The summed E-state index contributed by atoms with van der Waals surface area (Å²) < 4.78 is 0. The Bertz CT molecular complexity index is 409. The largest absolute Gasteiger partial charge is 0.324 e. The maximum Gasteiger partial charge on any atom is 0.238 e. The summed E-state index contributed by atoms with van der Waals surface area (Å²) in [6.45, 7) is 3.13. The van der Waals surface area contributed by atoms with Crippen LogP contribution in [0.1, 0.15) is 12.5 Å². The number of carbonyl (C=O) groups is 1. The SMILES string of the molecule is CCN(C)CC(=O)Nc1ccccc1C#N. The third-order valence-electron chi connectivity index (χ3n) is 2.27. The summed E-state index contributed by atoms with van der Waals surface area (Å²) in [7, 11) is 1.87. The molecule has 0 heterocycles. The van der Waals surface area contributed by atoms with Crippen molar-refractivity contribution in [3.63, 3.8) is 0 Å². The van der Waals surface area contributed by atoms with Gasteiger partial charge in [-0.1, -0.05) is 19.1 Å². The minimum absolute atomic E-state index is 0.105. The molecule has 0 radical (unpaired) electrons. The minimum atomic E-state index is -0.105. The smallest absolute Gasteiger partial charge is 0.238 e. The summed E-state index contributed by atoms with van der Waals surface area (Å²) in [6, 6.07) is 9.01. The Morgan fingerprint density at radius 2 is 2.19 bits per heavy atom. The third kappa shape index (κ3) is 3.37. The van der Waals surface area contributed by atoms with Crippen LogP contribution in [0, 0.1) is 11.3 Å². The fourth-order valence-corrected chi connectivity index (χ4v) is 1.24. The Balaban J connectivity index is 2.67. The van der Waals surface area contributed by atoms with Gasteiger partial charge in [0.25, 0.3) is 0 Å². The molecular formula is C12H15N3O. The maximum atomic E-state index is 11.6. The number of anilines is 1. The second-order valence-corrected chi connectivity index (χ2v) is 3.54. The maximum absolute atomic E-state index is 11.6. The Kier molecular flexibility index (Phi) is 4.49. The van der Waals surface area contributed by atoms with E-state index in [0.29, 0.717) is 17.8 Å². The fraction of sp³-hybridized carbons (Fsp3) is 0.333. The van der Waals surface area contributed by atoms with Gasteiger partial charge in [-0.25, -0.2) is 0 Å². The number of nitriles is 1. The average molecular weight is 217 g/mol. The lowest BCUT2D eigenvalue weighted by Crippen LogP contribution is -2.30. The third-order valence-corrected chi connectivity index (χ3v) is 2.27. The standard InChI is InChI=1S/C12H15N3O/c1-3-15(2)9-12(16)14-11-7-5-4-6-10(11)8-13/h4-7H,3,9H2,1-2H3,(H,14,16). The summed E-state index contributed by atoms with van der Waals surface area (Å²) >= 11 is 0. The molecule has 0 spiro atoms. The van der Waals surface area contributed by atoms with Gasteiger partial charge in [-0.05, 0) is 25.7 Å². The van der Waals surface area contributed by atoms with E-state index in [4.69, 9.17) is 5.26 Å². The van der Waals surface area contributed by atoms with Crippen molar-refractivity contribution in [3.8, 4) is 6.07 Å². The number of hydrogen-bond acceptors (Lipinski definition) is 3. The van der Waals surface area contributed by atoms with Crippen LogP contribution in [0.15, 0.2) is 24.3 Å². The van der Waals surface area contributed by atoms with Gasteiger partial charge in [0, 0.05) is 0 Å². The molecule has 1 aromatic carbocycles. The molecule has 0 unspecified atom stereocenters. The highest BCUT2D eigenvalue weighted by atomic mass is 16.2. The van der Waals surface area contributed by atoms with Crippen molar-refractivity contribution in [2.75, 3.05) is 25.5 Å². The Hall–Kier alpha value is -1.86. The van der Waals surface area contributed by atoms with Crippen molar-refractivity contribution in [3.05, 3.63) is 29.8 Å². The number of hydrogen-bond donors (Lipinski definition) is 1. The molecule has 4 nitrogen and oxygen atoms in total. The van der Waals surface area contributed by atoms with Gasteiger partial charge in [0.2, 0.25) is 5.91 Å². The molecule has 0 saturated heterocycles. The zero-order valence-electron chi connectivity index (χ0n) is 9.53. The highest BCUT2D eigenvalue weighted by Gasteiger charge is 2.07. The van der Waals surface area contributed by atoms with Gasteiger partial charge in [0.1, 0.15) is 6.07 Å². The van der Waals surface area contributed by atoms with E-state index in [0.717, 1.165) is 6.54 Å². The molecule has 0 aliphatic heterocycles. The van der Waals surface area contributed by atoms with Gasteiger partial charge < -0.3 is 5.32 Å². The van der Waals surface area contributed by atoms with Gasteiger partial charge in [-0.3, -0.25) is 9.69 Å². The van der Waals surface area contributed by atoms with E-state index in [2.05, 4.69) is 5.32 Å². The number of carbonyl (C=O) groups excluding carboxylic acids is 1. The summed E-state index contributed by atoms with van der Waals surface area (Å²) in [4.78, 5) is 13.5. The zero-order valence-corrected chi connectivity index (χ0v) is 9.53. The van der Waals surface area contributed by atoms with Crippen molar-refractivity contribution in [1.82, 2.24) is 4.90 Å². The lowest BCUT2D eigenvalue weighted by Gasteiger charge is -2.13. The Morgan fingerprint density at radius 1 is 1.50 bits per heavy atom. The average Bonchev–Trinajstić information content (AvgIpc) is 2.29. The topological polar surface area (TPSA) is 56.1 Å². The van der Waals surface area contributed by atoms with Crippen molar-refractivity contribution < 1.29 is 4.79 Å². The van der Waals surface area contributed by atoms with Crippen molar-refractivity contribution in [2.45, 2.75) is 6.92 Å². The second-order valence-electron chi connectivity index (χ2n) is 3.54. The number of likely N-dealkylation sites (N-methyl/N-ethyl adjacent to an activating group) is 1. The first-order chi connectivity index (χ1) is 7.67. The predicted octanol–water partition coefficient (Wildman–Crippen LogP) is 1.45. The molecular weight excluding hydrogens is 202 g/mol. The summed E-state index contributed by atoms with van der Waals surface area (Å²) in [6.07, 6.45) is 0. The summed E-state index contributed by atoms with van der Waals surface area (Å²) in [5.74, 6) is -0.105. The van der Waals surface area contributed by atoms with E-state index in [1.807, 2.05) is 24.9 Å². The van der Waals surface area contributed by atoms with Crippen LogP contribution in [0.25, 0.3) is 0 Å². The number of amides is 1. The van der Waals surface area contributed by atoms with Crippen LogP contribution in [0.3, 0.4) is 0 Å². The molecule has 4 heteroatoms. The number of benzene rings is 1. The molecule has 0 bridgehead atoms. The van der Waals surface area contributed by atoms with E-state index in [-0.39, 0.29) is 5.91 Å². The first-order valence-corrected chi connectivity index (χ1v) is 5.15. The van der Waals surface area contributed by atoms with E-state index in [9.17, 15) is 4.79 Å². The predicted molar refractivity (Wildman–Crippen MR) is 63.0 cm³/mol. The quantitative estimate of drug-likeness (QED) is 0.830. The monoisotopic (exact) mass is 217 g/mol. The van der Waals surface area contributed by atoms with Gasteiger partial charge in [0.15, 0.2) is 0 Å². The van der Waals surface area contributed by atoms with Crippen LogP contribution < -0.4 is 5.32 Å². The molecule has 0 aromatic heterocycles. The fourth-order valence-electron chi connectivity index (χ4n) is 1.24. The van der Waals surface area contributed by atoms with Gasteiger partial charge in [-0.15, -0.1) is 0 Å². The van der Waals surface area contributed by atoms with E-state index < -0.39 is 0 Å².